The summed E-state index contributed by atoms with van der Waals surface area (Å²) in [6.45, 7) is 0. The Morgan fingerprint density at radius 2 is 1.87 bits per heavy atom. The standard InChI is InChI=1S/C18H14FNO3/c1-23-15-8-7-12(16(19)11-15)9-13-10-17(21)20(18(13)22)14-5-3-2-4-6-14/h2-9,11H,10H2,1H3/b13-9+. The molecule has 0 radical (unpaired) electrons. The Morgan fingerprint density at radius 3 is 2.52 bits per heavy atom. The number of ether oxygens (including phenoxy) is 1. The zero-order chi connectivity index (χ0) is 16.4. The van der Waals surface area contributed by atoms with Crippen LogP contribution in [0.2, 0.25) is 0 Å². The van der Waals surface area contributed by atoms with Crippen LogP contribution in [0.15, 0.2) is 54.1 Å². The van der Waals surface area contributed by atoms with Crippen molar-refractivity contribution in [1.82, 2.24) is 0 Å². The third kappa shape index (κ3) is 2.85. The Labute approximate surface area is 132 Å². The topological polar surface area (TPSA) is 46.6 Å². The molecule has 5 heteroatoms. The highest BCUT2D eigenvalue weighted by molar-refractivity contribution is 6.29. The number of hydrogen-bond acceptors (Lipinski definition) is 3. The fourth-order valence-electron chi connectivity index (χ4n) is 2.47. The molecule has 116 valence electrons. The summed E-state index contributed by atoms with van der Waals surface area (Å²) in [6.07, 6.45) is 1.37. The summed E-state index contributed by atoms with van der Waals surface area (Å²) < 4.78 is 18.9. The fraction of sp³-hybridized carbons (Fsp3) is 0.111. The molecule has 0 aliphatic carbocycles. The van der Waals surface area contributed by atoms with E-state index in [0.29, 0.717) is 11.4 Å². The van der Waals surface area contributed by atoms with Gasteiger partial charge in [0.2, 0.25) is 5.91 Å². The summed E-state index contributed by atoms with van der Waals surface area (Å²) in [5, 5.41) is 0. The van der Waals surface area contributed by atoms with Crippen LogP contribution in [-0.2, 0) is 9.59 Å². The van der Waals surface area contributed by atoms with Crippen LogP contribution in [0.25, 0.3) is 6.08 Å². The van der Waals surface area contributed by atoms with Gasteiger partial charge in [0.15, 0.2) is 0 Å². The number of amides is 2. The molecule has 0 saturated carbocycles. The summed E-state index contributed by atoms with van der Waals surface area (Å²) in [4.78, 5) is 25.7. The van der Waals surface area contributed by atoms with Crippen molar-refractivity contribution in [2.75, 3.05) is 12.0 Å². The number of anilines is 1. The molecule has 0 atom stereocenters. The Balaban J connectivity index is 1.93. The van der Waals surface area contributed by atoms with Gasteiger partial charge in [-0.25, -0.2) is 9.29 Å². The van der Waals surface area contributed by atoms with E-state index >= 15 is 0 Å². The highest BCUT2D eigenvalue weighted by Crippen LogP contribution is 2.28. The number of halogens is 1. The maximum atomic E-state index is 14.0. The van der Waals surface area contributed by atoms with E-state index in [4.69, 9.17) is 4.74 Å². The van der Waals surface area contributed by atoms with Gasteiger partial charge in [0.05, 0.1) is 19.2 Å². The predicted molar refractivity (Wildman–Crippen MR) is 84.5 cm³/mol. The maximum absolute atomic E-state index is 14.0. The molecule has 4 nitrogen and oxygen atoms in total. The Bertz CT molecular complexity index is 799. The summed E-state index contributed by atoms with van der Waals surface area (Å²) in [6, 6.07) is 13.0. The number of carbonyl (C=O) groups is 2. The zero-order valence-electron chi connectivity index (χ0n) is 12.5. The largest absolute Gasteiger partial charge is 0.497 e. The van der Waals surface area contributed by atoms with Gasteiger partial charge in [-0.1, -0.05) is 18.2 Å². The number of nitrogens with zero attached hydrogens (tertiary/aromatic N) is 1. The van der Waals surface area contributed by atoms with Gasteiger partial charge in [0.25, 0.3) is 5.91 Å². The molecule has 0 bridgehead atoms. The van der Waals surface area contributed by atoms with Gasteiger partial charge >= 0.3 is 0 Å². The molecule has 1 heterocycles. The summed E-state index contributed by atoms with van der Waals surface area (Å²) >= 11 is 0. The molecule has 2 aromatic carbocycles. The van der Waals surface area contributed by atoms with Crippen molar-refractivity contribution in [3.8, 4) is 5.75 Å². The predicted octanol–water partition coefficient (Wildman–Crippen LogP) is 3.18. The van der Waals surface area contributed by atoms with E-state index in [1.165, 1.54) is 25.3 Å². The van der Waals surface area contributed by atoms with E-state index in [1.54, 1.807) is 36.4 Å². The van der Waals surface area contributed by atoms with Crippen molar-refractivity contribution >= 4 is 23.6 Å². The molecule has 1 aliphatic rings. The van der Waals surface area contributed by atoms with Crippen LogP contribution in [0.3, 0.4) is 0 Å². The lowest BCUT2D eigenvalue weighted by Gasteiger charge is -2.12. The summed E-state index contributed by atoms with van der Waals surface area (Å²) in [5.74, 6) is -0.850. The summed E-state index contributed by atoms with van der Waals surface area (Å²) in [5.41, 5.74) is 1.03. The maximum Gasteiger partial charge on any atom is 0.261 e. The quantitative estimate of drug-likeness (QED) is 0.646. The second-order valence-corrected chi connectivity index (χ2v) is 5.10. The van der Waals surface area contributed by atoms with Crippen molar-refractivity contribution in [3.05, 3.63) is 65.5 Å². The SMILES string of the molecule is COc1ccc(/C=C2\CC(=O)N(c3ccccc3)C2=O)c(F)c1. The number of carbonyl (C=O) groups excluding carboxylic acids is 2. The van der Waals surface area contributed by atoms with Gasteiger partial charge < -0.3 is 4.74 Å². The number of para-hydroxylation sites is 1. The number of benzene rings is 2. The minimum Gasteiger partial charge on any atom is -0.497 e. The van der Waals surface area contributed by atoms with Crippen molar-refractivity contribution < 1.29 is 18.7 Å². The van der Waals surface area contributed by atoms with Gasteiger partial charge in [0.1, 0.15) is 11.6 Å². The third-order valence-electron chi connectivity index (χ3n) is 3.62. The molecular weight excluding hydrogens is 297 g/mol. The molecule has 0 unspecified atom stereocenters. The lowest BCUT2D eigenvalue weighted by Crippen LogP contribution is -2.28. The van der Waals surface area contributed by atoms with E-state index in [9.17, 15) is 14.0 Å². The minimum absolute atomic E-state index is 0.0425. The van der Waals surface area contributed by atoms with Gasteiger partial charge in [-0.05, 0) is 30.3 Å². The van der Waals surface area contributed by atoms with Gasteiger partial charge in [0, 0.05) is 17.2 Å². The normalized spacial score (nSPS) is 16.3. The first kappa shape index (κ1) is 15.0. The monoisotopic (exact) mass is 311 g/mol. The molecule has 1 aliphatic heterocycles. The van der Waals surface area contributed by atoms with Crippen LogP contribution >= 0.6 is 0 Å². The van der Waals surface area contributed by atoms with E-state index in [2.05, 4.69) is 0 Å². The first-order chi connectivity index (χ1) is 11.1. The molecule has 3 rings (SSSR count). The van der Waals surface area contributed by atoms with Crippen molar-refractivity contribution in [3.63, 3.8) is 0 Å². The molecule has 2 amide bonds. The lowest BCUT2D eigenvalue weighted by atomic mass is 10.1. The van der Waals surface area contributed by atoms with Crippen LogP contribution in [0.1, 0.15) is 12.0 Å². The number of methoxy groups -OCH3 is 1. The number of imide groups is 1. The second kappa shape index (κ2) is 6.04. The smallest absolute Gasteiger partial charge is 0.261 e. The highest BCUT2D eigenvalue weighted by atomic mass is 19.1. The lowest BCUT2D eigenvalue weighted by molar-refractivity contribution is -0.120. The molecule has 0 N–H and O–H groups in total. The van der Waals surface area contributed by atoms with Crippen LogP contribution in [0, 0.1) is 5.82 Å². The van der Waals surface area contributed by atoms with E-state index < -0.39 is 11.7 Å². The zero-order valence-corrected chi connectivity index (χ0v) is 12.5. The molecule has 1 fully saturated rings. The van der Waals surface area contributed by atoms with E-state index in [-0.39, 0.29) is 23.5 Å². The van der Waals surface area contributed by atoms with E-state index in [0.717, 1.165) is 4.90 Å². The first-order valence-corrected chi connectivity index (χ1v) is 7.06. The molecule has 0 spiro atoms. The Kier molecular flexibility index (Phi) is 3.93. The molecule has 2 aromatic rings. The van der Waals surface area contributed by atoms with Gasteiger partial charge in [-0.2, -0.15) is 0 Å². The Hall–Kier alpha value is -2.95. The summed E-state index contributed by atoms with van der Waals surface area (Å²) in [7, 11) is 1.45. The molecule has 23 heavy (non-hydrogen) atoms. The molecule has 1 saturated heterocycles. The number of hydrogen-bond donors (Lipinski definition) is 0. The fourth-order valence-corrected chi connectivity index (χ4v) is 2.47. The van der Waals surface area contributed by atoms with Crippen LogP contribution in [0.5, 0.6) is 5.75 Å². The first-order valence-electron chi connectivity index (χ1n) is 7.06. The Morgan fingerprint density at radius 1 is 1.13 bits per heavy atom. The van der Waals surface area contributed by atoms with Crippen LogP contribution in [0.4, 0.5) is 10.1 Å². The third-order valence-corrected chi connectivity index (χ3v) is 3.62. The second-order valence-electron chi connectivity index (χ2n) is 5.10. The van der Waals surface area contributed by atoms with Crippen molar-refractivity contribution in [1.29, 1.82) is 0 Å². The van der Waals surface area contributed by atoms with Crippen LogP contribution in [-0.4, -0.2) is 18.9 Å². The van der Waals surface area contributed by atoms with Crippen LogP contribution < -0.4 is 9.64 Å². The average molecular weight is 311 g/mol. The van der Waals surface area contributed by atoms with E-state index in [1.807, 2.05) is 0 Å². The van der Waals surface area contributed by atoms with Crippen molar-refractivity contribution in [2.45, 2.75) is 6.42 Å². The number of rotatable bonds is 3. The minimum atomic E-state index is -0.504. The highest BCUT2D eigenvalue weighted by Gasteiger charge is 2.34. The van der Waals surface area contributed by atoms with Gasteiger partial charge in [-0.15, -0.1) is 0 Å². The van der Waals surface area contributed by atoms with Crippen molar-refractivity contribution in [2.24, 2.45) is 0 Å². The average Bonchev–Trinajstić information content (AvgIpc) is 2.84. The molecule has 0 aromatic heterocycles. The molecular formula is C18H14FNO3. The van der Waals surface area contributed by atoms with Gasteiger partial charge in [-0.3, -0.25) is 9.59 Å².